The summed E-state index contributed by atoms with van der Waals surface area (Å²) in [6, 6.07) is 8.72. The number of carbonyl (C=O) groups is 1. The van der Waals surface area contributed by atoms with E-state index in [1.165, 1.54) is 49.9 Å². The summed E-state index contributed by atoms with van der Waals surface area (Å²) in [5.74, 6) is 1.36. The van der Waals surface area contributed by atoms with Gasteiger partial charge in [-0.25, -0.2) is 0 Å². The Morgan fingerprint density at radius 1 is 1.11 bits per heavy atom. The maximum absolute atomic E-state index is 12.2. The van der Waals surface area contributed by atoms with E-state index in [1.807, 2.05) is 0 Å². The van der Waals surface area contributed by atoms with Gasteiger partial charge in [-0.05, 0) is 74.8 Å². The zero-order chi connectivity index (χ0) is 17.5. The fourth-order valence-electron chi connectivity index (χ4n) is 4.11. The van der Waals surface area contributed by atoms with Crippen LogP contribution in [0.1, 0.15) is 50.2 Å². The number of nitrogens with zero attached hydrogens (tertiary/aromatic N) is 1. The second-order valence-electron chi connectivity index (χ2n) is 7.85. The number of amides is 1. The number of likely N-dealkylation sites (tertiary alicyclic amines) is 1. The molecule has 0 saturated carbocycles. The molecule has 1 amide bonds. The van der Waals surface area contributed by atoms with Crippen LogP contribution >= 0.6 is 24.8 Å². The summed E-state index contributed by atoms with van der Waals surface area (Å²) < 4.78 is 0. The normalized spacial score (nSPS) is 19.0. The second kappa shape index (κ2) is 12.6. The van der Waals surface area contributed by atoms with Crippen LogP contribution in [0.15, 0.2) is 24.3 Å². The van der Waals surface area contributed by atoms with Crippen molar-refractivity contribution in [2.45, 2.75) is 52.1 Å². The Morgan fingerprint density at radius 3 is 2.33 bits per heavy atom. The van der Waals surface area contributed by atoms with Crippen LogP contribution in [0, 0.1) is 11.8 Å². The highest BCUT2D eigenvalue weighted by Gasteiger charge is 2.21. The summed E-state index contributed by atoms with van der Waals surface area (Å²) in [4.78, 5) is 14.7. The fourth-order valence-corrected chi connectivity index (χ4v) is 4.11. The standard InChI is InChI=1S/C21H33N3O.2ClH/c1-17(20-8-10-22-11-9-20)14-21(25)23-15-18-4-6-19(7-5-18)16-24-12-2-3-13-24;;/h4-7,17,20,22H,2-3,8-16H2,1H3,(H,23,25);2*1H. The average Bonchev–Trinajstić information content (AvgIpc) is 3.15. The topological polar surface area (TPSA) is 44.4 Å². The largest absolute Gasteiger partial charge is 0.352 e. The van der Waals surface area contributed by atoms with Gasteiger partial charge >= 0.3 is 0 Å². The van der Waals surface area contributed by atoms with Crippen LogP contribution in [-0.4, -0.2) is 37.0 Å². The molecule has 0 bridgehead atoms. The maximum atomic E-state index is 12.2. The molecule has 0 radical (unpaired) electrons. The minimum atomic E-state index is 0. The Bertz CT molecular complexity index is 541. The van der Waals surface area contributed by atoms with Crippen molar-refractivity contribution in [2.24, 2.45) is 11.8 Å². The molecular weight excluding hydrogens is 381 g/mol. The van der Waals surface area contributed by atoms with Gasteiger partial charge in [0.05, 0.1) is 0 Å². The van der Waals surface area contributed by atoms with Crippen LogP contribution in [0.3, 0.4) is 0 Å². The predicted octanol–water partition coefficient (Wildman–Crippen LogP) is 3.77. The number of rotatable bonds is 7. The summed E-state index contributed by atoms with van der Waals surface area (Å²) in [6.07, 6.45) is 5.72. The monoisotopic (exact) mass is 415 g/mol. The lowest BCUT2D eigenvalue weighted by Gasteiger charge is -2.27. The number of carbonyl (C=O) groups excluding carboxylic acids is 1. The van der Waals surface area contributed by atoms with Crippen molar-refractivity contribution in [3.8, 4) is 0 Å². The molecule has 2 fully saturated rings. The number of hydrogen-bond donors (Lipinski definition) is 2. The molecular formula is C21H35Cl2N3O. The smallest absolute Gasteiger partial charge is 0.220 e. The Balaban J connectivity index is 0.00000182. The van der Waals surface area contributed by atoms with E-state index in [-0.39, 0.29) is 30.7 Å². The first-order valence-electron chi connectivity index (χ1n) is 9.98. The summed E-state index contributed by atoms with van der Waals surface area (Å²) in [6.45, 7) is 8.58. The summed E-state index contributed by atoms with van der Waals surface area (Å²) >= 11 is 0. The van der Waals surface area contributed by atoms with Gasteiger partial charge in [-0.15, -0.1) is 24.8 Å². The van der Waals surface area contributed by atoms with Crippen molar-refractivity contribution < 1.29 is 4.79 Å². The summed E-state index contributed by atoms with van der Waals surface area (Å²) in [5.41, 5.74) is 2.56. The molecule has 0 aromatic heterocycles. The van der Waals surface area contributed by atoms with Gasteiger partial charge in [0.15, 0.2) is 0 Å². The molecule has 2 heterocycles. The van der Waals surface area contributed by atoms with Crippen molar-refractivity contribution >= 4 is 30.7 Å². The van der Waals surface area contributed by atoms with Crippen molar-refractivity contribution in [1.29, 1.82) is 0 Å². The molecule has 2 N–H and O–H groups in total. The molecule has 2 saturated heterocycles. The number of benzene rings is 1. The van der Waals surface area contributed by atoms with Crippen LogP contribution in [0.2, 0.25) is 0 Å². The van der Waals surface area contributed by atoms with Gasteiger partial charge in [0, 0.05) is 19.5 Å². The van der Waals surface area contributed by atoms with E-state index in [1.54, 1.807) is 0 Å². The minimum absolute atomic E-state index is 0. The molecule has 0 spiro atoms. The molecule has 6 heteroatoms. The third-order valence-corrected chi connectivity index (χ3v) is 5.81. The first-order chi connectivity index (χ1) is 12.2. The van der Waals surface area contributed by atoms with Crippen molar-refractivity contribution in [1.82, 2.24) is 15.5 Å². The molecule has 2 aliphatic heterocycles. The number of nitrogens with one attached hydrogen (secondary N) is 2. The molecule has 1 aromatic carbocycles. The Morgan fingerprint density at radius 2 is 1.70 bits per heavy atom. The van der Waals surface area contributed by atoms with E-state index in [0.29, 0.717) is 24.8 Å². The first kappa shape index (κ1) is 24.2. The number of hydrogen-bond acceptors (Lipinski definition) is 3. The lowest BCUT2D eigenvalue weighted by molar-refractivity contribution is -0.122. The Hall–Kier alpha value is -0.810. The zero-order valence-electron chi connectivity index (χ0n) is 16.4. The van der Waals surface area contributed by atoms with Crippen molar-refractivity contribution in [3.63, 3.8) is 0 Å². The average molecular weight is 416 g/mol. The molecule has 1 unspecified atom stereocenters. The molecule has 4 nitrogen and oxygen atoms in total. The Labute approximate surface area is 176 Å². The molecule has 154 valence electrons. The second-order valence-corrected chi connectivity index (χ2v) is 7.85. The van der Waals surface area contributed by atoms with Crippen molar-refractivity contribution in [2.75, 3.05) is 26.2 Å². The van der Waals surface area contributed by atoms with E-state index in [9.17, 15) is 4.79 Å². The van der Waals surface area contributed by atoms with Crippen LogP contribution in [-0.2, 0) is 17.9 Å². The molecule has 3 rings (SSSR count). The predicted molar refractivity (Wildman–Crippen MR) is 117 cm³/mol. The van der Waals surface area contributed by atoms with Gasteiger partial charge in [-0.1, -0.05) is 31.2 Å². The SMILES string of the molecule is CC(CC(=O)NCc1ccc(CN2CCCC2)cc1)C1CCNCC1.Cl.Cl. The third kappa shape index (κ3) is 7.98. The Kier molecular flexibility index (Phi) is 11.3. The maximum Gasteiger partial charge on any atom is 0.220 e. The van der Waals surface area contributed by atoms with Gasteiger partial charge < -0.3 is 10.6 Å². The highest BCUT2D eigenvalue weighted by Crippen LogP contribution is 2.24. The third-order valence-electron chi connectivity index (χ3n) is 5.81. The van der Waals surface area contributed by atoms with Gasteiger partial charge in [0.2, 0.25) is 5.91 Å². The van der Waals surface area contributed by atoms with Crippen molar-refractivity contribution in [3.05, 3.63) is 35.4 Å². The molecule has 27 heavy (non-hydrogen) atoms. The van der Waals surface area contributed by atoms with Gasteiger partial charge in [0.25, 0.3) is 0 Å². The van der Waals surface area contributed by atoms with Gasteiger partial charge in [0.1, 0.15) is 0 Å². The summed E-state index contributed by atoms with van der Waals surface area (Å²) in [7, 11) is 0. The quantitative estimate of drug-likeness (QED) is 0.711. The minimum Gasteiger partial charge on any atom is -0.352 e. The van der Waals surface area contributed by atoms with E-state index in [2.05, 4.69) is 46.7 Å². The van der Waals surface area contributed by atoms with Crippen LogP contribution in [0.25, 0.3) is 0 Å². The zero-order valence-corrected chi connectivity index (χ0v) is 18.0. The number of piperidine rings is 1. The number of halogens is 2. The van der Waals surface area contributed by atoms with Crippen LogP contribution < -0.4 is 10.6 Å². The highest BCUT2D eigenvalue weighted by atomic mass is 35.5. The van der Waals surface area contributed by atoms with Gasteiger partial charge in [-0.2, -0.15) is 0 Å². The molecule has 0 aliphatic carbocycles. The first-order valence-corrected chi connectivity index (χ1v) is 9.98. The molecule has 2 aliphatic rings. The van der Waals surface area contributed by atoms with Crippen LogP contribution in [0.5, 0.6) is 0 Å². The van der Waals surface area contributed by atoms with E-state index < -0.39 is 0 Å². The highest BCUT2D eigenvalue weighted by molar-refractivity contribution is 5.85. The van der Waals surface area contributed by atoms with E-state index in [4.69, 9.17) is 0 Å². The summed E-state index contributed by atoms with van der Waals surface area (Å²) in [5, 5.41) is 6.49. The lowest BCUT2D eigenvalue weighted by Crippen LogP contribution is -2.33. The molecule has 1 aromatic rings. The molecule has 1 atom stereocenters. The van der Waals surface area contributed by atoms with E-state index in [0.717, 1.165) is 19.6 Å². The lowest BCUT2D eigenvalue weighted by atomic mass is 9.84. The van der Waals surface area contributed by atoms with E-state index >= 15 is 0 Å². The van der Waals surface area contributed by atoms with Gasteiger partial charge in [-0.3, -0.25) is 9.69 Å². The van der Waals surface area contributed by atoms with Crippen LogP contribution in [0.4, 0.5) is 0 Å². The fraction of sp³-hybridized carbons (Fsp3) is 0.667.